The summed E-state index contributed by atoms with van der Waals surface area (Å²) in [5.74, 6) is 0. The summed E-state index contributed by atoms with van der Waals surface area (Å²) in [6, 6.07) is 6.10. The van der Waals surface area contributed by atoms with Gasteiger partial charge in [-0.2, -0.15) is 0 Å². The summed E-state index contributed by atoms with van der Waals surface area (Å²) >= 11 is 0. The van der Waals surface area contributed by atoms with Crippen molar-refractivity contribution in [2.75, 3.05) is 39.4 Å². The number of nitrogens with one attached hydrogen (secondary N) is 2. The minimum absolute atomic E-state index is 0.126. The van der Waals surface area contributed by atoms with Crippen LogP contribution in [0.15, 0.2) is 30.6 Å². The lowest BCUT2D eigenvalue weighted by Gasteiger charge is -2.32. The molecule has 7 heteroatoms. The van der Waals surface area contributed by atoms with Gasteiger partial charge in [-0.05, 0) is 19.1 Å². The van der Waals surface area contributed by atoms with E-state index >= 15 is 0 Å². The first-order chi connectivity index (χ1) is 11.7. The fraction of sp³-hybridized carbons (Fsp3) is 0.529. The molecule has 0 spiro atoms. The molecule has 3 heterocycles. The number of aromatic nitrogens is 2. The topological polar surface area (TPSA) is 70.9 Å². The molecular weight excluding hydrogens is 306 g/mol. The number of carbonyl (C=O) groups is 1. The summed E-state index contributed by atoms with van der Waals surface area (Å²) in [7, 11) is 0. The predicted octanol–water partition coefficient (Wildman–Crippen LogP) is 0.897. The molecule has 1 aliphatic heterocycles. The van der Waals surface area contributed by atoms with E-state index in [1.54, 1.807) is 0 Å². The molecule has 0 unspecified atom stereocenters. The number of imidazole rings is 1. The number of hydrogen-bond acceptors (Lipinski definition) is 4. The number of urea groups is 1. The summed E-state index contributed by atoms with van der Waals surface area (Å²) in [5, 5.41) is 5.83. The van der Waals surface area contributed by atoms with Crippen molar-refractivity contribution in [1.29, 1.82) is 0 Å². The highest BCUT2D eigenvalue weighted by Crippen LogP contribution is 2.04. The van der Waals surface area contributed by atoms with Crippen LogP contribution in [-0.4, -0.2) is 65.8 Å². The van der Waals surface area contributed by atoms with Crippen molar-refractivity contribution in [3.8, 4) is 0 Å². The van der Waals surface area contributed by atoms with E-state index in [-0.39, 0.29) is 6.03 Å². The minimum Gasteiger partial charge on any atom is -0.379 e. The zero-order valence-corrected chi connectivity index (χ0v) is 14.1. The molecule has 0 aromatic carbocycles. The smallest absolute Gasteiger partial charge is 0.314 e. The Morgan fingerprint density at radius 2 is 2.17 bits per heavy atom. The van der Waals surface area contributed by atoms with Crippen LogP contribution in [0.4, 0.5) is 4.79 Å². The number of fused-ring (bicyclic) bond motifs is 1. The molecule has 0 aliphatic carbocycles. The number of morpholine rings is 1. The Bertz CT molecular complexity index is 633. The maximum Gasteiger partial charge on any atom is 0.314 e. The van der Waals surface area contributed by atoms with Gasteiger partial charge in [0.2, 0.25) is 0 Å². The molecule has 2 aromatic heterocycles. The van der Waals surface area contributed by atoms with E-state index in [0.29, 0.717) is 25.6 Å². The first-order valence-corrected chi connectivity index (χ1v) is 8.48. The van der Waals surface area contributed by atoms with E-state index in [1.165, 1.54) is 0 Å². The molecule has 0 bridgehead atoms. The van der Waals surface area contributed by atoms with E-state index in [1.807, 2.05) is 35.0 Å². The Hall–Kier alpha value is -2.12. The van der Waals surface area contributed by atoms with Crippen molar-refractivity contribution in [2.24, 2.45) is 0 Å². The van der Waals surface area contributed by atoms with Crippen molar-refractivity contribution in [1.82, 2.24) is 24.9 Å². The second-order valence-corrected chi connectivity index (χ2v) is 6.08. The van der Waals surface area contributed by atoms with Crippen molar-refractivity contribution in [2.45, 2.75) is 19.4 Å². The molecular formula is C17H25N5O2. The van der Waals surface area contributed by atoms with Crippen LogP contribution in [0.1, 0.15) is 12.6 Å². The zero-order valence-electron chi connectivity index (χ0n) is 14.1. The highest BCUT2D eigenvalue weighted by Gasteiger charge is 2.17. The molecule has 0 saturated carbocycles. The third-order valence-corrected chi connectivity index (χ3v) is 4.31. The molecule has 3 rings (SSSR count). The Morgan fingerprint density at radius 1 is 1.33 bits per heavy atom. The number of amides is 2. The molecule has 2 N–H and O–H groups in total. The Labute approximate surface area is 142 Å². The molecule has 7 nitrogen and oxygen atoms in total. The molecule has 130 valence electrons. The van der Waals surface area contributed by atoms with Gasteiger partial charge in [-0.3, -0.25) is 4.90 Å². The molecule has 2 amide bonds. The number of ether oxygens (including phenoxy) is 1. The van der Waals surface area contributed by atoms with Gasteiger partial charge in [-0.1, -0.05) is 6.07 Å². The van der Waals surface area contributed by atoms with E-state index in [9.17, 15) is 4.79 Å². The number of pyridine rings is 1. The number of rotatable bonds is 6. The van der Waals surface area contributed by atoms with Crippen LogP contribution >= 0.6 is 0 Å². The van der Waals surface area contributed by atoms with E-state index in [2.05, 4.69) is 27.4 Å². The first-order valence-electron chi connectivity index (χ1n) is 8.48. The van der Waals surface area contributed by atoms with Gasteiger partial charge in [0.15, 0.2) is 0 Å². The Kier molecular flexibility index (Phi) is 5.66. The summed E-state index contributed by atoms with van der Waals surface area (Å²) in [6.45, 7) is 6.74. The van der Waals surface area contributed by atoms with Gasteiger partial charge in [-0.25, -0.2) is 9.78 Å². The maximum absolute atomic E-state index is 11.9. The fourth-order valence-corrected chi connectivity index (χ4v) is 2.86. The molecule has 2 aromatic rings. The molecule has 1 saturated heterocycles. The van der Waals surface area contributed by atoms with Gasteiger partial charge in [-0.15, -0.1) is 0 Å². The quantitative estimate of drug-likeness (QED) is 0.825. The summed E-state index contributed by atoms with van der Waals surface area (Å²) in [4.78, 5) is 18.8. The number of carbonyl (C=O) groups excluding carboxylic acids is 1. The second kappa shape index (κ2) is 8.12. The van der Waals surface area contributed by atoms with Gasteiger partial charge < -0.3 is 19.8 Å². The molecule has 0 radical (unpaired) electrons. The van der Waals surface area contributed by atoms with Gasteiger partial charge >= 0.3 is 6.03 Å². The first kappa shape index (κ1) is 16.7. The molecule has 24 heavy (non-hydrogen) atoms. The highest BCUT2D eigenvalue weighted by atomic mass is 16.5. The summed E-state index contributed by atoms with van der Waals surface area (Å²) in [6.07, 6.45) is 4.68. The van der Waals surface area contributed by atoms with Gasteiger partial charge in [0.1, 0.15) is 5.65 Å². The van der Waals surface area contributed by atoms with E-state index in [4.69, 9.17) is 4.74 Å². The predicted molar refractivity (Wildman–Crippen MR) is 92.2 cm³/mol. The standard InChI is InChI=1S/C17H25N5O2/c1-14(21-8-10-24-11-9-21)12-19-17(23)18-6-5-15-13-22-7-3-2-4-16(22)20-15/h2-4,7,13-14H,5-6,8-12H2,1H3,(H2,18,19,23)/t14-/m0/s1. The molecule has 1 aliphatic rings. The van der Waals surface area contributed by atoms with Crippen LogP contribution in [0.2, 0.25) is 0 Å². The lowest BCUT2D eigenvalue weighted by molar-refractivity contribution is 0.0209. The maximum atomic E-state index is 11.9. The van der Waals surface area contributed by atoms with Crippen molar-refractivity contribution < 1.29 is 9.53 Å². The molecule has 1 atom stereocenters. The van der Waals surface area contributed by atoms with Crippen LogP contribution < -0.4 is 10.6 Å². The monoisotopic (exact) mass is 331 g/mol. The largest absolute Gasteiger partial charge is 0.379 e. The zero-order chi connectivity index (χ0) is 16.8. The Morgan fingerprint density at radius 3 is 2.96 bits per heavy atom. The van der Waals surface area contributed by atoms with Crippen LogP contribution in [-0.2, 0) is 11.2 Å². The SMILES string of the molecule is C[C@@H](CNC(=O)NCCc1cn2ccccc2n1)N1CCOCC1. The average Bonchev–Trinajstić information content (AvgIpc) is 3.03. The normalized spacial score (nSPS) is 16.9. The van der Waals surface area contributed by atoms with Crippen LogP contribution in [0.25, 0.3) is 5.65 Å². The van der Waals surface area contributed by atoms with Crippen molar-refractivity contribution in [3.63, 3.8) is 0 Å². The molecule has 1 fully saturated rings. The van der Waals surface area contributed by atoms with Gasteiger partial charge in [0.25, 0.3) is 0 Å². The van der Waals surface area contributed by atoms with Crippen LogP contribution in [0.5, 0.6) is 0 Å². The lowest BCUT2D eigenvalue weighted by Crippen LogP contribution is -2.49. The van der Waals surface area contributed by atoms with Crippen molar-refractivity contribution >= 4 is 11.7 Å². The van der Waals surface area contributed by atoms with Gasteiger partial charge in [0, 0.05) is 51.0 Å². The van der Waals surface area contributed by atoms with Gasteiger partial charge in [0.05, 0.1) is 18.9 Å². The van der Waals surface area contributed by atoms with Crippen LogP contribution in [0.3, 0.4) is 0 Å². The van der Waals surface area contributed by atoms with Crippen molar-refractivity contribution in [3.05, 3.63) is 36.3 Å². The van der Waals surface area contributed by atoms with E-state index < -0.39 is 0 Å². The summed E-state index contributed by atoms with van der Waals surface area (Å²) in [5.41, 5.74) is 1.90. The minimum atomic E-state index is -0.126. The third-order valence-electron chi connectivity index (χ3n) is 4.31. The lowest BCUT2D eigenvalue weighted by atomic mass is 10.2. The number of hydrogen-bond donors (Lipinski definition) is 2. The number of nitrogens with zero attached hydrogens (tertiary/aromatic N) is 3. The van der Waals surface area contributed by atoms with E-state index in [0.717, 1.165) is 37.6 Å². The summed E-state index contributed by atoms with van der Waals surface area (Å²) < 4.78 is 7.33. The fourth-order valence-electron chi connectivity index (χ4n) is 2.86. The second-order valence-electron chi connectivity index (χ2n) is 6.08. The average molecular weight is 331 g/mol. The van der Waals surface area contributed by atoms with Crippen LogP contribution in [0, 0.1) is 0 Å². The third kappa shape index (κ3) is 4.46. The highest BCUT2D eigenvalue weighted by molar-refractivity contribution is 5.73. The Balaban J connectivity index is 1.36.